The van der Waals surface area contributed by atoms with E-state index < -0.39 is 11.8 Å². The van der Waals surface area contributed by atoms with Crippen LogP contribution in [0.1, 0.15) is 18.4 Å². The van der Waals surface area contributed by atoms with Crippen LogP contribution in [0, 0.1) is 0 Å². The lowest BCUT2D eigenvalue weighted by Gasteiger charge is -2.20. The van der Waals surface area contributed by atoms with Crippen molar-refractivity contribution in [3.63, 3.8) is 0 Å². The standard InChI is InChI=1S/C21H23N3O5/c1-28-17-7-4-3-6-14(17)13-22-20(26)21(27)23-15-9-10-18(29-2)16(12-15)24-11-5-8-19(24)25/h3-4,6-7,9-10,12H,5,8,11,13H2,1-2H3,(H,22,26)(H,23,27). The summed E-state index contributed by atoms with van der Waals surface area (Å²) in [4.78, 5) is 38.1. The van der Waals surface area contributed by atoms with Gasteiger partial charge in [0.15, 0.2) is 0 Å². The first kappa shape index (κ1) is 20.2. The third-order valence-electron chi connectivity index (χ3n) is 4.64. The monoisotopic (exact) mass is 397 g/mol. The SMILES string of the molecule is COc1ccccc1CNC(=O)C(=O)Nc1ccc(OC)c(N2CCCC2=O)c1. The second-order valence-corrected chi connectivity index (χ2v) is 6.48. The van der Waals surface area contributed by atoms with Crippen molar-refractivity contribution in [1.82, 2.24) is 5.32 Å². The van der Waals surface area contributed by atoms with Crippen molar-refractivity contribution in [3.05, 3.63) is 48.0 Å². The zero-order valence-electron chi connectivity index (χ0n) is 16.4. The van der Waals surface area contributed by atoms with Crippen LogP contribution in [0.5, 0.6) is 11.5 Å². The van der Waals surface area contributed by atoms with Crippen LogP contribution >= 0.6 is 0 Å². The lowest BCUT2D eigenvalue weighted by molar-refractivity contribution is -0.136. The number of nitrogens with one attached hydrogen (secondary N) is 2. The summed E-state index contributed by atoms with van der Waals surface area (Å²) in [6.07, 6.45) is 1.25. The van der Waals surface area contributed by atoms with Gasteiger partial charge in [0.2, 0.25) is 5.91 Å². The van der Waals surface area contributed by atoms with Gasteiger partial charge in [-0.05, 0) is 30.7 Å². The van der Waals surface area contributed by atoms with Gasteiger partial charge in [-0.15, -0.1) is 0 Å². The quantitative estimate of drug-likeness (QED) is 0.728. The zero-order chi connectivity index (χ0) is 20.8. The van der Waals surface area contributed by atoms with Crippen molar-refractivity contribution in [1.29, 1.82) is 0 Å². The van der Waals surface area contributed by atoms with Crippen LogP contribution in [-0.4, -0.2) is 38.5 Å². The Labute approximate surface area is 168 Å². The molecule has 2 N–H and O–H groups in total. The minimum Gasteiger partial charge on any atom is -0.496 e. The molecule has 0 spiro atoms. The predicted octanol–water partition coefficient (Wildman–Crippen LogP) is 2.09. The van der Waals surface area contributed by atoms with E-state index in [4.69, 9.17) is 9.47 Å². The molecule has 3 amide bonds. The lowest BCUT2D eigenvalue weighted by Crippen LogP contribution is -2.35. The average molecular weight is 397 g/mol. The summed E-state index contributed by atoms with van der Waals surface area (Å²) in [6, 6.07) is 12.1. The van der Waals surface area contributed by atoms with E-state index in [9.17, 15) is 14.4 Å². The molecule has 152 valence electrons. The highest BCUT2D eigenvalue weighted by Gasteiger charge is 2.25. The molecule has 3 rings (SSSR count). The normalized spacial score (nSPS) is 13.2. The van der Waals surface area contributed by atoms with Crippen molar-refractivity contribution in [2.75, 3.05) is 31.0 Å². The van der Waals surface area contributed by atoms with E-state index in [1.807, 2.05) is 12.1 Å². The molecule has 0 aromatic heterocycles. The Bertz CT molecular complexity index is 928. The Morgan fingerprint density at radius 1 is 1.03 bits per heavy atom. The van der Waals surface area contributed by atoms with E-state index in [0.717, 1.165) is 12.0 Å². The molecule has 0 bridgehead atoms. The van der Waals surface area contributed by atoms with Gasteiger partial charge in [0, 0.05) is 30.8 Å². The molecule has 8 heteroatoms. The maximum absolute atomic E-state index is 12.3. The molecule has 29 heavy (non-hydrogen) atoms. The number of hydrogen-bond acceptors (Lipinski definition) is 5. The summed E-state index contributed by atoms with van der Waals surface area (Å²) in [5, 5.41) is 5.13. The molecular formula is C21H23N3O5. The number of anilines is 2. The minimum atomic E-state index is -0.802. The second kappa shape index (κ2) is 9.09. The smallest absolute Gasteiger partial charge is 0.313 e. The van der Waals surface area contributed by atoms with Gasteiger partial charge in [-0.25, -0.2) is 0 Å². The summed E-state index contributed by atoms with van der Waals surface area (Å²) >= 11 is 0. The Hall–Kier alpha value is -3.55. The first-order valence-electron chi connectivity index (χ1n) is 9.23. The number of hydrogen-bond donors (Lipinski definition) is 2. The third kappa shape index (κ3) is 4.66. The number of carbonyl (C=O) groups is 3. The zero-order valence-corrected chi connectivity index (χ0v) is 16.4. The van der Waals surface area contributed by atoms with Crippen LogP contribution in [0.3, 0.4) is 0 Å². The van der Waals surface area contributed by atoms with Crippen LogP contribution < -0.4 is 25.0 Å². The van der Waals surface area contributed by atoms with E-state index in [2.05, 4.69) is 10.6 Å². The number of benzene rings is 2. The Kier molecular flexibility index (Phi) is 6.33. The van der Waals surface area contributed by atoms with E-state index in [0.29, 0.717) is 35.8 Å². The Morgan fingerprint density at radius 2 is 1.79 bits per heavy atom. The molecule has 1 fully saturated rings. The van der Waals surface area contributed by atoms with Gasteiger partial charge in [-0.2, -0.15) is 0 Å². The fourth-order valence-corrected chi connectivity index (χ4v) is 3.17. The summed E-state index contributed by atoms with van der Waals surface area (Å²) in [5.41, 5.74) is 1.73. The van der Waals surface area contributed by atoms with Gasteiger partial charge in [0.1, 0.15) is 11.5 Å². The van der Waals surface area contributed by atoms with Crippen molar-refractivity contribution in [2.45, 2.75) is 19.4 Å². The van der Waals surface area contributed by atoms with Gasteiger partial charge in [0.25, 0.3) is 0 Å². The summed E-state index contributed by atoms with van der Waals surface area (Å²) in [7, 11) is 3.06. The van der Waals surface area contributed by atoms with Crippen molar-refractivity contribution in [2.24, 2.45) is 0 Å². The van der Waals surface area contributed by atoms with Crippen LogP contribution in [0.2, 0.25) is 0 Å². The Morgan fingerprint density at radius 3 is 2.48 bits per heavy atom. The fraction of sp³-hybridized carbons (Fsp3) is 0.286. The van der Waals surface area contributed by atoms with Gasteiger partial charge >= 0.3 is 11.8 Å². The molecule has 0 atom stereocenters. The largest absolute Gasteiger partial charge is 0.496 e. The minimum absolute atomic E-state index is 0.00123. The number of amides is 3. The third-order valence-corrected chi connectivity index (χ3v) is 4.64. The van der Waals surface area contributed by atoms with E-state index in [1.165, 1.54) is 7.11 Å². The average Bonchev–Trinajstić information content (AvgIpc) is 3.17. The van der Waals surface area contributed by atoms with Crippen LogP contribution in [0.4, 0.5) is 11.4 Å². The predicted molar refractivity (Wildman–Crippen MR) is 108 cm³/mol. The summed E-state index contributed by atoms with van der Waals surface area (Å²) in [5.74, 6) is -0.419. The molecule has 1 saturated heterocycles. The van der Waals surface area contributed by atoms with Crippen LogP contribution in [0.15, 0.2) is 42.5 Å². The van der Waals surface area contributed by atoms with E-state index in [-0.39, 0.29) is 12.5 Å². The van der Waals surface area contributed by atoms with Gasteiger partial charge < -0.3 is 25.0 Å². The molecule has 8 nitrogen and oxygen atoms in total. The first-order valence-corrected chi connectivity index (χ1v) is 9.23. The van der Waals surface area contributed by atoms with Crippen molar-refractivity contribution in [3.8, 4) is 11.5 Å². The number of methoxy groups -OCH3 is 2. The number of nitrogens with zero attached hydrogens (tertiary/aromatic N) is 1. The maximum atomic E-state index is 12.3. The summed E-state index contributed by atoms with van der Waals surface area (Å²) in [6.45, 7) is 0.748. The summed E-state index contributed by atoms with van der Waals surface area (Å²) < 4.78 is 10.6. The van der Waals surface area contributed by atoms with Crippen LogP contribution in [-0.2, 0) is 20.9 Å². The molecule has 2 aromatic rings. The first-order chi connectivity index (χ1) is 14.0. The fourth-order valence-electron chi connectivity index (χ4n) is 3.17. The Balaban J connectivity index is 1.66. The number of rotatable bonds is 6. The molecular weight excluding hydrogens is 374 g/mol. The number of para-hydroxylation sites is 1. The molecule has 0 saturated carbocycles. The lowest BCUT2D eigenvalue weighted by atomic mass is 10.2. The molecule has 0 aliphatic carbocycles. The van der Waals surface area contributed by atoms with Crippen molar-refractivity contribution < 1.29 is 23.9 Å². The highest BCUT2D eigenvalue weighted by Crippen LogP contribution is 2.34. The second-order valence-electron chi connectivity index (χ2n) is 6.48. The molecule has 1 aliphatic heterocycles. The maximum Gasteiger partial charge on any atom is 0.313 e. The van der Waals surface area contributed by atoms with Gasteiger partial charge in [0.05, 0.1) is 19.9 Å². The van der Waals surface area contributed by atoms with E-state index in [1.54, 1.807) is 42.3 Å². The van der Waals surface area contributed by atoms with Crippen molar-refractivity contribution >= 4 is 29.1 Å². The molecule has 0 unspecified atom stereocenters. The highest BCUT2D eigenvalue weighted by molar-refractivity contribution is 6.39. The molecule has 0 radical (unpaired) electrons. The van der Waals surface area contributed by atoms with Gasteiger partial charge in [-0.1, -0.05) is 18.2 Å². The number of ether oxygens (including phenoxy) is 2. The van der Waals surface area contributed by atoms with Crippen LogP contribution in [0.25, 0.3) is 0 Å². The highest BCUT2D eigenvalue weighted by atomic mass is 16.5. The number of carbonyl (C=O) groups excluding carboxylic acids is 3. The van der Waals surface area contributed by atoms with Gasteiger partial charge in [-0.3, -0.25) is 14.4 Å². The molecule has 1 aliphatic rings. The van der Waals surface area contributed by atoms with E-state index >= 15 is 0 Å². The molecule has 2 aromatic carbocycles. The topological polar surface area (TPSA) is 97.0 Å². The molecule has 1 heterocycles.